The first-order chi connectivity index (χ1) is 8.61. The number of nitrogen functional groups attached to an aromatic ring is 1. The van der Waals surface area contributed by atoms with Crippen molar-refractivity contribution in [3.63, 3.8) is 0 Å². The van der Waals surface area contributed by atoms with E-state index >= 15 is 0 Å². The molecule has 96 valence electrons. The smallest absolute Gasteiger partial charge is 0.127 e. The number of anilines is 1. The van der Waals surface area contributed by atoms with E-state index in [1.807, 2.05) is 0 Å². The third kappa shape index (κ3) is 2.54. The number of aliphatic hydroxyl groups excluding tert-OH is 1. The van der Waals surface area contributed by atoms with Crippen LogP contribution >= 0.6 is 0 Å². The summed E-state index contributed by atoms with van der Waals surface area (Å²) in [4.78, 5) is 0. The van der Waals surface area contributed by atoms with E-state index in [4.69, 9.17) is 5.73 Å². The van der Waals surface area contributed by atoms with Gasteiger partial charge in [-0.25, -0.2) is 0 Å². The Kier molecular flexibility index (Phi) is 3.67. The van der Waals surface area contributed by atoms with Gasteiger partial charge < -0.3 is 10.8 Å². The Labute approximate surface area is 107 Å². The summed E-state index contributed by atoms with van der Waals surface area (Å²) in [5, 5.41) is 14.2. The normalized spacial score (nSPS) is 12.6. The van der Waals surface area contributed by atoms with Crippen molar-refractivity contribution in [1.29, 1.82) is 0 Å². The number of nitrogens with two attached hydrogens (primary N) is 1. The summed E-state index contributed by atoms with van der Waals surface area (Å²) in [5.74, 6) is 0.521. The van der Waals surface area contributed by atoms with Gasteiger partial charge in [-0.1, -0.05) is 31.2 Å². The van der Waals surface area contributed by atoms with Gasteiger partial charge in [0, 0.05) is 19.0 Å². The van der Waals surface area contributed by atoms with Gasteiger partial charge in [-0.15, -0.1) is 0 Å². The van der Waals surface area contributed by atoms with E-state index in [1.165, 1.54) is 5.56 Å². The van der Waals surface area contributed by atoms with Crippen LogP contribution in [0.3, 0.4) is 0 Å². The highest BCUT2D eigenvalue weighted by Crippen LogP contribution is 2.23. The van der Waals surface area contributed by atoms with Gasteiger partial charge in [0.25, 0.3) is 0 Å². The molecule has 0 saturated heterocycles. The molecule has 2 rings (SSSR count). The lowest BCUT2D eigenvalue weighted by Gasteiger charge is -2.10. The van der Waals surface area contributed by atoms with Crippen LogP contribution < -0.4 is 5.73 Å². The van der Waals surface area contributed by atoms with Crippen molar-refractivity contribution in [1.82, 2.24) is 9.78 Å². The van der Waals surface area contributed by atoms with E-state index in [2.05, 4.69) is 36.3 Å². The van der Waals surface area contributed by atoms with Crippen molar-refractivity contribution in [2.75, 3.05) is 5.73 Å². The van der Waals surface area contributed by atoms with Crippen molar-refractivity contribution in [2.24, 2.45) is 7.05 Å². The number of aliphatic hydroxyl groups is 1. The van der Waals surface area contributed by atoms with E-state index in [9.17, 15) is 5.11 Å². The molecule has 0 bridgehead atoms. The molecule has 0 spiro atoms. The molecule has 2 aromatic rings. The SMILES string of the molecule is CCc1ccc(CC(O)c2cnn(C)c2N)cc1. The molecule has 0 saturated carbocycles. The monoisotopic (exact) mass is 245 g/mol. The van der Waals surface area contributed by atoms with Crippen LogP contribution in [0.4, 0.5) is 5.82 Å². The lowest BCUT2D eigenvalue weighted by molar-refractivity contribution is 0.179. The Morgan fingerprint density at radius 1 is 1.28 bits per heavy atom. The van der Waals surface area contributed by atoms with E-state index in [0.29, 0.717) is 17.8 Å². The third-order valence-corrected chi connectivity index (χ3v) is 3.23. The first-order valence-electron chi connectivity index (χ1n) is 6.15. The summed E-state index contributed by atoms with van der Waals surface area (Å²) >= 11 is 0. The van der Waals surface area contributed by atoms with Crippen LogP contribution in [0, 0.1) is 0 Å². The molecule has 1 unspecified atom stereocenters. The molecule has 1 aromatic carbocycles. The lowest BCUT2D eigenvalue weighted by atomic mass is 10.0. The first-order valence-corrected chi connectivity index (χ1v) is 6.15. The minimum atomic E-state index is -0.605. The van der Waals surface area contributed by atoms with Crippen LogP contribution in [0.2, 0.25) is 0 Å². The van der Waals surface area contributed by atoms with Crippen molar-refractivity contribution in [3.8, 4) is 0 Å². The number of hydrogen-bond acceptors (Lipinski definition) is 3. The van der Waals surface area contributed by atoms with E-state index in [-0.39, 0.29) is 0 Å². The van der Waals surface area contributed by atoms with Crippen molar-refractivity contribution < 1.29 is 5.11 Å². The topological polar surface area (TPSA) is 64.1 Å². The average Bonchev–Trinajstić information content (AvgIpc) is 2.71. The summed E-state index contributed by atoms with van der Waals surface area (Å²) in [5.41, 5.74) is 8.94. The molecule has 1 aromatic heterocycles. The maximum atomic E-state index is 10.2. The average molecular weight is 245 g/mol. The molecule has 0 radical (unpaired) electrons. The molecule has 4 heteroatoms. The second-order valence-electron chi connectivity index (χ2n) is 4.50. The van der Waals surface area contributed by atoms with Crippen molar-refractivity contribution >= 4 is 5.82 Å². The number of aryl methyl sites for hydroxylation is 2. The van der Waals surface area contributed by atoms with Gasteiger partial charge in [0.2, 0.25) is 0 Å². The predicted molar refractivity (Wildman–Crippen MR) is 72.1 cm³/mol. The van der Waals surface area contributed by atoms with Gasteiger partial charge in [-0.2, -0.15) is 5.10 Å². The molecule has 0 aliphatic carbocycles. The molecule has 1 atom stereocenters. The van der Waals surface area contributed by atoms with Gasteiger partial charge in [0.05, 0.1) is 12.3 Å². The summed E-state index contributed by atoms with van der Waals surface area (Å²) in [6, 6.07) is 8.28. The highest BCUT2D eigenvalue weighted by molar-refractivity contribution is 5.40. The molecular formula is C14H19N3O. The zero-order valence-electron chi connectivity index (χ0n) is 10.8. The fourth-order valence-corrected chi connectivity index (χ4v) is 1.96. The van der Waals surface area contributed by atoms with Crippen LogP contribution in [0.5, 0.6) is 0 Å². The molecule has 0 fully saturated rings. The first kappa shape index (κ1) is 12.6. The highest BCUT2D eigenvalue weighted by atomic mass is 16.3. The summed E-state index contributed by atoms with van der Waals surface area (Å²) < 4.78 is 1.57. The van der Waals surface area contributed by atoms with Crippen molar-refractivity contribution in [2.45, 2.75) is 25.9 Å². The minimum Gasteiger partial charge on any atom is -0.388 e. The standard InChI is InChI=1S/C14H19N3O/c1-3-10-4-6-11(7-5-10)8-13(18)12-9-16-17(2)14(12)15/h4-7,9,13,18H,3,8,15H2,1-2H3. The minimum absolute atomic E-state index is 0.521. The molecule has 0 amide bonds. The number of rotatable bonds is 4. The second kappa shape index (κ2) is 5.23. The number of benzene rings is 1. The summed E-state index contributed by atoms with van der Waals surface area (Å²) in [6.07, 6.45) is 2.60. The Morgan fingerprint density at radius 3 is 2.39 bits per heavy atom. The Balaban J connectivity index is 2.11. The van der Waals surface area contributed by atoms with Crippen LogP contribution in [0.25, 0.3) is 0 Å². The molecule has 4 nitrogen and oxygen atoms in total. The maximum absolute atomic E-state index is 10.2. The number of aromatic nitrogens is 2. The largest absolute Gasteiger partial charge is 0.388 e. The molecule has 18 heavy (non-hydrogen) atoms. The molecule has 1 heterocycles. The van der Waals surface area contributed by atoms with Crippen LogP contribution in [0.1, 0.15) is 29.7 Å². The van der Waals surface area contributed by atoms with Gasteiger partial charge in [0.1, 0.15) is 5.82 Å². The Hall–Kier alpha value is -1.81. The zero-order valence-corrected chi connectivity index (χ0v) is 10.8. The molecular weight excluding hydrogens is 226 g/mol. The highest BCUT2D eigenvalue weighted by Gasteiger charge is 2.15. The van der Waals surface area contributed by atoms with E-state index in [0.717, 1.165) is 12.0 Å². The lowest BCUT2D eigenvalue weighted by Crippen LogP contribution is -2.06. The zero-order chi connectivity index (χ0) is 13.1. The summed E-state index contributed by atoms with van der Waals surface area (Å²) in [6.45, 7) is 2.13. The Bertz CT molecular complexity index is 516. The van der Waals surface area contributed by atoms with Gasteiger partial charge in [-0.05, 0) is 17.5 Å². The fourth-order valence-electron chi connectivity index (χ4n) is 1.96. The van der Waals surface area contributed by atoms with E-state index < -0.39 is 6.10 Å². The molecule has 0 aliphatic heterocycles. The van der Waals surface area contributed by atoms with Gasteiger partial charge in [-0.3, -0.25) is 4.68 Å². The van der Waals surface area contributed by atoms with Crippen LogP contribution in [0.15, 0.2) is 30.5 Å². The maximum Gasteiger partial charge on any atom is 0.127 e. The molecule has 3 N–H and O–H groups in total. The van der Waals surface area contributed by atoms with Gasteiger partial charge >= 0.3 is 0 Å². The number of hydrogen-bond donors (Lipinski definition) is 2. The third-order valence-electron chi connectivity index (χ3n) is 3.23. The van der Waals surface area contributed by atoms with Crippen LogP contribution in [-0.4, -0.2) is 14.9 Å². The fraction of sp³-hybridized carbons (Fsp3) is 0.357. The quantitative estimate of drug-likeness (QED) is 0.864. The number of nitrogens with zero attached hydrogens (tertiary/aromatic N) is 2. The second-order valence-corrected chi connectivity index (χ2v) is 4.50. The predicted octanol–water partition coefficient (Wildman–Crippen LogP) is 1.84. The summed E-state index contributed by atoms with van der Waals surface area (Å²) in [7, 11) is 1.77. The molecule has 0 aliphatic rings. The van der Waals surface area contributed by atoms with Crippen molar-refractivity contribution in [3.05, 3.63) is 47.2 Å². The van der Waals surface area contributed by atoms with E-state index in [1.54, 1.807) is 17.9 Å². The van der Waals surface area contributed by atoms with Gasteiger partial charge in [0.15, 0.2) is 0 Å². The van der Waals surface area contributed by atoms with Crippen LogP contribution in [-0.2, 0) is 19.9 Å². The Morgan fingerprint density at radius 2 is 1.89 bits per heavy atom.